The molecule has 0 saturated carbocycles. The Bertz CT molecular complexity index is 1220. The molecule has 1 N–H and O–H groups in total. The van der Waals surface area contributed by atoms with Gasteiger partial charge < -0.3 is 23.1 Å². The maximum absolute atomic E-state index is 13.1. The molecule has 0 bridgehead atoms. The number of hydrogen-bond donors (Lipinski definition) is 1. The van der Waals surface area contributed by atoms with E-state index in [9.17, 15) is 26.4 Å². The van der Waals surface area contributed by atoms with Crippen LogP contribution in [-0.2, 0) is 21.0 Å². The highest BCUT2D eigenvalue weighted by Gasteiger charge is 2.49. The first kappa shape index (κ1) is 29.2. The third-order valence-corrected chi connectivity index (χ3v) is 7.95. The lowest BCUT2D eigenvalue weighted by molar-refractivity contribution is -0.0501. The van der Waals surface area contributed by atoms with E-state index in [1.165, 1.54) is 17.0 Å². The monoisotopic (exact) mass is 565 g/mol. The quantitative estimate of drug-likeness (QED) is 0.245. The van der Waals surface area contributed by atoms with Crippen molar-refractivity contribution < 1.29 is 44.6 Å². The highest BCUT2D eigenvalue weighted by atomic mass is 32.2. The maximum Gasteiger partial charge on any atom is 0.534 e. The van der Waals surface area contributed by atoms with Crippen molar-refractivity contribution in [2.75, 3.05) is 13.1 Å². The number of benzene rings is 1. The maximum atomic E-state index is 13.1. The fourth-order valence-corrected chi connectivity index (χ4v) is 5.80. The van der Waals surface area contributed by atoms with Crippen molar-refractivity contribution in [3.05, 3.63) is 23.4 Å². The van der Waals surface area contributed by atoms with Gasteiger partial charge in [0, 0.05) is 18.5 Å². The Kier molecular flexibility index (Phi) is 8.54. The molecular formula is C23H32F3N2O7SSi. The molecule has 3 rings (SSSR count). The lowest BCUT2D eigenvalue weighted by atomic mass is 9.83. The number of hydrogen-bond acceptors (Lipinski definition) is 7. The van der Waals surface area contributed by atoms with Crippen LogP contribution in [0.3, 0.4) is 0 Å². The number of piperidine rings is 1. The van der Waals surface area contributed by atoms with Crippen LogP contribution in [0.25, 0.3) is 11.0 Å². The Labute approximate surface area is 215 Å². The number of carbonyl (C=O) groups is 1. The molecule has 1 atom stereocenters. The fraction of sp³-hybridized carbons (Fsp3) is 0.652. The average molecular weight is 566 g/mol. The van der Waals surface area contributed by atoms with Gasteiger partial charge >= 0.3 is 21.7 Å². The molecular weight excluding hydrogens is 533 g/mol. The van der Waals surface area contributed by atoms with Crippen molar-refractivity contribution in [1.29, 1.82) is 0 Å². The third kappa shape index (κ3) is 6.76. The van der Waals surface area contributed by atoms with Crippen LogP contribution in [0.1, 0.15) is 57.4 Å². The van der Waals surface area contributed by atoms with Gasteiger partial charge in [-0.2, -0.15) is 21.6 Å². The summed E-state index contributed by atoms with van der Waals surface area (Å²) in [5, 5.41) is 13.8. The second kappa shape index (κ2) is 10.8. The molecule has 1 aromatic carbocycles. The van der Waals surface area contributed by atoms with Crippen LogP contribution < -0.4 is 4.18 Å². The van der Waals surface area contributed by atoms with Crippen LogP contribution in [0.15, 0.2) is 16.7 Å². The van der Waals surface area contributed by atoms with Crippen LogP contribution in [0.5, 0.6) is 5.75 Å². The topological polar surface area (TPSA) is 119 Å². The average Bonchev–Trinajstić information content (AvgIpc) is 3.17. The van der Waals surface area contributed by atoms with E-state index in [2.05, 4.69) is 9.34 Å². The molecule has 1 unspecified atom stereocenters. The summed E-state index contributed by atoms with van der Waals surface area (Å²) in [4.78, 5) is 12.5. The molecule has 2 aromatic rings. The van der Waals surface area contributed by atoms with Crippen LogP contribution in [-0.4, -0.2) is 57.3 Å². The molecule has 0 aliphatic carbocycles. The van der Waals surface area contributed by atoms with Crippen LogP contribution in [0.2, 0.25) is 13.1 Å². The molecule has 2 heterocycles. The smallest absolute Gasteiger partial charge is 0.465 e. The number of nitrogens with zero attached hydrogens (tertiary/aromatic N) is 2. The summed E-state index contributed by atoms with van der Waals surface area (Å²) in [7, 11) is -7.31. The predicted molar refractivity (Wildman–Crippen MR) is 131 cm³/mol. The second-order valence-electron chi connectivity index (χ2n) is 10.5. The first-order valence-electron chi connectivity index (χ1n) is 11.9. The lowest BCUT2D eigenvalue weighted by Crippen LogP contribution is -2.37. The van der Waals surface area contributed by atoms with Gasteiger partial charge in [0.25, 0.3) is 0 Å². The summed E-state index contributed by atoms with van der Waals surface area (Å²) in [5.41, 5.74) is -5.49. The SMILES string of the molecule is C[Si](C)OC(c1c(OS(=O)(=O)C(F)(F)F)ccc2c(CCC3CCN(C(=O)O)CC3)noc12)C(C)(C)C. The van der Waals surface area contributed by atoms with Crippen LogP contribution in [0.4, 0.5) is 18.0 Å². The van der Waals surface area contributed by atoms with Gasteiger partial charge in [-0.05, 0) is 62.2 Å². The summed E-state index contributed by atoms with van der Waals surface area (Å²) in [6, 6.07) is 2.63. The normalized spacial score (nSPS) is 16.9. The van der Waals surface area contributed by atoms with Gasteiger partial charge in [0.2, 0.25) is 9.04 Å². The number of amides is 1. The summed E-state index contributed by atoms with van der Waals surface area (Å²) in [5.74, 6) is -0.228. The first-order valence-corrected chi connectivity index (χ1v) is 15.7. The van der Waals surface area contributed by atoms with Crippen molar-refractivity contribution in [1.82, 2.24) is 10.1 Å². The van der Waals surface area contributed by atoms with E-state index in [4.69, 9.17) is 14.1 Å². The van der Waals surface area contributed by atoms with Gasteiger partial charge in [-0.25, -0.2) is 4.79 Å². The number of fused-ring (bicyclic) bond motifs is 1. The zero-order valence-electron chi connectivity index (χ0n) is 21.4. The number of aryl methyl sites for hydroxylation is 1. The molecule has 37 heavy (non-hydrogen) atoms. The third-order valence-electron chi connectivity index (χ3n) is 6.27. The summed E-state index contributed by atoms with van der Waals surface area (Å²) < 4.78 is 79.6. The molecule has 9 nitrogen and oxygen atoms in total. The van der Waals surface area contributed by atoms with Gasteiger partial charge in [0.05, 0.1) is 17.4 Å². The molecule has 1 amide bonds. The zero-order chi connectivity index (χ0) is 27.8. The highest BCUT2D eigenvalue weighted by Crippen LogP contribution is 2.46. The molecule has 0 spiro atoms. The van der Waals surface area contributed by atoms with Crippen LogP contribution in [0, 0.1) is 11.3 Å². The lowest BCUT2D eigenvalue weighted by Gasteiger charge is -2.33. The molecule has 207 valence electrons. The number of aromatic nitrogens is 1. The number of alkyl halides is 3. The van der Waals surface area contributed by atoms with Crippen molar-refractivity contribution in [3.8, 4) is 5.75 Å². The van der Waals surface area contributed by atoms with E-state index in [0.29, 0.717) is 30.6 Å². The molecule has 1 aromatic heterocycles. The Morgan fingerprint density at radius 3 is 2.38 bits per heavy atom. The van der Waals surface area contributed by atoms with Gasteiger partial charge in [-0.1, -0.05) is 25.9 Å². The summed E-state index contributed by atoms with van der Waals surface area (Å²) in [6.07, 6.45) is 0.902. The number of likely N-dealkylation sites (tertiary alicyclic amines) is 1. The number of halogens is 3. The second-order valence-corrected chi connectivity index (χ2v) is 14.1. The largest absolute Gasteiger partial charge is 0.534 e. The summed E-state index contributed by atoms with van der Waals surface area (Å²) >= 11 is 0. The Morgan fingerprint density at radius 1 is 1.24 bits per heavy atom. The minimum Gasteiger partial charge on any atom is -0.465 e. The van der Waals surface area contributed by atoms with E-state index in [1.807, 2.05) is 33.9 Å². The van der Waals surface area contributed by atoms with E-state index >= 15 is 0 Å². The van der Waals surface area contributed by atoms with Crippen LogP contribution >= 0.6 is 0 Å². The summed E-state index contributed by atoms with van der Waals surface area (Å²) in [6.45, 7) is 10.1. The van der Waals surface area contributed by atoms with Gasteiger partial charge in [-0.3, -0.25) is 0 Å². The highest BCUT2D eigenvalue weighted by molar-refractivity contribution is 7.88. The molecule has 1 aliphatic heterocycles. The molecule has 1 aliphatic rings. The Hall–Kier alpha value is -2.32. The minimum atomic E-state index is -5.93. The molecule has 1 saturated heterocycles. The van der Waals surface area contributed by atoms with Crippen molar-refractivity contribution in [3.63, 3.8) is 0 Å². The van der Waals surface area contributed by atoms with E-state index in [-0.39, 0.29) is 17.1 Å². The van der Waals surface area contributed by atoms with E-state index in [1.54, 1.807) is 0 Å². The number of rotatable bonds is 8. The van der Waals surface area contributed by atoms with Crippen molar-refractivity contribution >= 4 is 36.2 Å². The van der Waals surface area contributed by atoms with Gasteiger partial charge in [0.1, 0.15) is 0 Å². The molecule has 1 radical (unpaired) electrons. The Balaban J connectivity index is 2.00. The Morgan fingerprint density at radius 2 is 1.86 bits per heavy atom. The predicted octanol–water partition coefficient (Wildman–Crippen LogP) is 5.73. The first-order chi connectivity index (χ1) is 17.0. The van der Waals surface area contributed by atoms with Gasteiger partial charge in [-0.15, -0.1) is 0 Å². The molecule has 1 fully saturated rings. The van der Waals surface area contributed by atoms with E-state index in [0.717, 1.165) is 19.3 Å². The van der Waals surface area contributed by atoms with Crippen molar-refractivity contribution in [2.24, 2.45) is 11.3 Å². The molecule has 14 heteroatoms. The van der Waals surface area contributed by atoms with E-state index < -0.39 is 48.0 Å². The van der Waals surface area contributed by atoms with Crippen molar-refractivity contribution in [2.45, 2.75) is 71.2 Å². The standard InChI is InChI=1S/C23H32F3N2O7SSi/c1-22(2,3)20(35-37(4)5)18-17(34-36(31,32)23(24,25)26)9-7-15-16(27-33-19(15)18)8-6-14-10-12-28(13-11-14)21(29)30/h7,9,14,20H,6,8,10-13H2,1-5H3,(H,29,30). The van der Waals surface area contributed by atoms with Gasteiger partial charge in [0.15, 0.2) is 11.3 Å². The zero-order valence-corrected chi connectivity index (χ0v) is 23.2. The minimum absolute atomic E-state index is 0.0672. The number of carboxylic acid groups (broad SMARTS) is 1. The fourth-order valence-electron chi connectivity index (χ4n) is 4.38.